The number of H-pyrrole nitrogens is 1. The van der Waals surface area contributed by atoms with E-state index >= 15 is 0 Å². The van der Waals surface area contributed by atoms with Gasteiger partial charge in [0.15, 0.2) is 0 Å². The second kappa shape index (κ2) is 5.16. The number of nitrogens with zero attached hydrogens (tertiary/aromatic N) is 2. The van der Waals surface area contributed by atoms with Crippen LogP contribution in [0.4, 0.5) is 0 Å². The van der Waals surface area contributed by atoms with E-state index in [-0.39, 0.29) is 11.9 Å². The Kier molecular flexibility index (Phi) is 3.60. The van der Waals surface area contributed by atoms with E-state index in [1.54, 1.807) is 0 Å². The number of nitrogens with one attached hydrogen (secondary N) is 1. The molecule has 0 saturated heterocycles. The predicted molar refractivity (Wildman–Crippen MR) is 68.3 cm³/mol. The summed E-state index contributed by atoms with van der Waals surface area (Å²) in [5, 5.41) is 10.6. The number of hydrogen-bond donors (Lipinski definition) is 1. The van der Waals surface area contributed by atoms with Gasteiger partial charge < -0.3 is 4.74 Å². The number of aromatic amines is 1. The molecule has 0 spiro atoms. The third-order valence-electron chi connectivity index (χ3n) is 3.06. The Morgan fingerprint density at radius 3 is 3.00 bits per heavy atom. The van der Waals surface area contributed by atoms with Crippen molar-refractivity contribution in [3.63, 3.8) is 0 Å². The number of fused-ring (bicyclic) bond motifs is 1. The van der Waals surface area contributed by atoms with Crippen molar-refractivity contribution in [3.8, 4) is 0 Å². The number of aromatic nitrogens is 3. The van der Waals surface area contributed by atoms with E-state index in [9.17, 15) is 4.79 Å². The molecule has 0 fully saturated rings. The van der Waals surface area contributed by atoms with Crippen LogP contribution in [0.5, 0.6) is 0 Å². The van der Waals surface area contributed by atoms with Crippen molar-refractivity contribution in [1.82, 2.24) is 15.4 Å². The first kappa shape index (κ1) is 12.5. The molecule has 1 N–H and O–H groups in total. The van der Waals surface area contributed by atoms with Gasteiger partial charge in [0.05, 0.1) is 18.0 Å². The molecule has 5 nitrogen and oxygen atoms in total. The molecule has 2 aromatic rings. The Bertz CT molecular complexity index is 562. The Morgan fingerprint density at radius 1 is 1.50 bits per heavy atom. The fourth-order valence-electron chi connectivity index (χ4n) is 1.99. The molecule has 0 radical (unpaired) electrons. The summed E-state index contributed by atoms with van der Waals surface area (Å²) in [5.41, 5.74) is 3.60. The van der Waals surface area contributed by atoms with Crippen molar-refractivity contribution >= 4 is 17.0 Å². The minimum atomic E-state index is -0.280. The average Bonchev–Trinajstić information content (AvgIpc) is 2.84. The Labute approximate surface area is 106 Å². The SMILES string of the molecule is CCCOC(=O)C(C)c1ccc2[nH]nnc2c1C. The lowest BCUT2D eigenvalue weighted by atomic mass is 9.95. The molecule has 5 heteroatoms. The summed E-state index contributed by atoms with van der Waals surface area (Å²) in [7, 11) is 0. The van der Waals surface area contributed by atoms with Crippen molar-refractivity contribution in [2.75, 3.05) is 6.61 Å². The van der Waals surface area contributed by atoms with E-state index in [0.29, 0.717) is 6.61 Å². The molecule has 1 atom stereocenters. The van der Waals surface area contributed by atoms with Gasteiger partial charge in [0.1, 0.15) is 5.52 Å². The molecule has 1 aromatic heterocycles. The van der Waals surface area contributed by atoms with Gasteiger partial charge in [-0.25, -0.2) is 0 Å². The predicted octanol–water partition coefficient (Wildman–Crippen LogP) is 2.32. The highest BCUT2D eigenvalue weighted by Crippen LogP contribution is 2.25. The number of benzene rings is 1. The first-order chi connectivity index (χ1) is 8.65. The summed E-state index contributed by atoms with van der Waals surface area (Å²) in [6.07, 6.45) is 0.833. The molecule has 0 saturated carbocycles. The lowest BCUT2D eigenvalue weighted by Gasteiger charge is -2.13. The smallest absolute Gasteiger partial charge is 0.313 e. The number of rotatable bonds is 4. The first-order valence-electron chi connectivity index (χ1n) is 6.12. The standard InChI is InChI=1S/C13H17N3O2/c1-4-7-18-13(17)9(3)10-5-6-11-12(8(10)2)15-16-14-11/h5-6,9H,4,7H2,1-3H3,(H,14,15,16). The number of carbonyl (C=O) groups excluding carboxylic acids is 1. The number of hydrogen-bond acceptors (Lipinski definition) is 4. The zero-order valence-corrected chi connectivity index (χ0v) is 10.9. The fraction of sp³-hybridized carbons (Fsp3) is 0.462. The normalized spacial score (nSPS) is 12.6. The van der Waals surface area contributed by atoms with E-state index < -0.39 is 0 Å². The second-order valence-corrected chi connectivity index (χ2v) is 4.38. The van der Waals surface area contributed by atoms with Gasteiger partial charge >= 0.3 is 5.97 Å². The lowest BCUT2D eigenvalue weighted by molar-refractivity contribution is -0.145. The van der Waals surface area contributed by atoms with Crippen LogP contribution < -0.4 is 0 Å². The molecule has 0 bridgehead atoms. The molecule has 1 aromatic carbocycles. The van der Waals surface area contributed by atoms with Crippen LogP contribution in [0.15, 0.2) is 12.1 Å². The highest BCUT2D eigenvalue weighted by Gasteiger charge is 2.20. The Balaban J connectivity index is 2.29. The summed E-state index contributed by atoms with van der Waals surface area (Å²) < 4.78 is 5.17. The number of aryl methyl sites for hydroxylation is 1. The molecule has 0 aliphatic heterocycles. The van der Waals surface area contributed by atoms with Crippen LogP contribution in [-0.4, -0.2) is 28.0 Å². The second-order valence-electron chi connectivity index (χ2n) is 4.38. The average molecular weight is 247 g/mol. The molecular formula is C13H17N3O2. The van der Waals surface area contributed by atoms with E-state index in [2.05, 4.69) is 15.4 Å². The number of ether oxygens (including phenoxy) is 1. The van der Waals surface area contributed by atoms with E-state index in [0.717, 1.165) is 28.6 Å². The van der Waals surface area contributed by atoms with E-state index in [1.165, 1.54) is 0 Å². The Hall–Kier alpha value is -1.91. The quantitative estimate of drug-likeness (QED) is 0.842. The van der Waals surface area contributed by atoms with Crippen LogP contribution in [0.1, 0.15) is 37.3 Å². The molecule has 96 valence electrons. The van der Waals surface area contributed by atoms with Crippen LogP contribution in [-0.2, 0) is 9.53 Å². The summed E-state index contributed by atoms with van der Waals surface area (Å²) in [5.74, 6) is -0.472. The third kappa shape index (κ3) is 2.20. The van der Waals surface area contributed by atoms with Crippen LogP contribution >= 0.6 is 0 Å². The van der Waals surface area contributed by atoms with Crippen molar-refractivity contribution in [1.29, 1.82) is 0 Å². The maximum absolute atomic E-state index is 11.9. The molecule has 1 unspecified atom stereocenters. The molecule has 0 aliphatic carbocycles. The van der Waals surface area contributed by atoms with Gasteiger partial charge in [-0.05, 0) is 37.5 Å². The van der Waals surface area contributed by atoms with Gasteiger partial charge in [-0.2, -0.15) is 0 Å². The van der Waals surface area contributed by atoms with Crippen LogP contribution in [0, 0.1) is 6.92 Å². The Morgan fingerprint density at radius 2 is 2.28 bits per heavy atom. The molecule has 0 amide bonds. The lowest BCUT2D eigenvalue weighted by Crippen LogP contribution is -2.14. The van der Waals surface area contributed by atoms with Crippen molar-refractivity contribution < 1.29 is 9.53 Å². The topological polar surface area (TPSA) is 67.9 Å². The first-order valence-corrected chi connectivity index (χ1v) is 6.12. The molecule has 2 rings (SSSR count). The third-order valence-corrected chi connectivity index (χ3v) is 3.06. The van der Waals surface area contributed by atoms with E-state index in [4.69, 9.17) is 4.74 Å². The van der Waals surface area contributed by atoms with Gasteiger partial charge in [0.25, 0.3) is 0 Å². The van der Waals surface area contributed by atoms with Crippen molar-refractivity contribution in [2.24, 2.45) is 0 Å². The van der Waals surface area contributed by atoms with Gasteiger partial charge in [-0.1, -0.05) is 18.2 Å². The van der Waals surface area contributed by atoms with E-state index in [1.807, 2.05) is 32.9 Å². The number of esters is 1. The molecule has 1 heterocycles. The van der Waals surface area contributed by atoms with Crippen molar-refractivity contribution in [3.05, 3.63) is 23.3 Å². The maximum atomic E-state index is 11.9. The summed E-state index contributed by atoms with van der Waals surface area (Å²) in [6, 6.07) is 3.82. The van der Waals surface area contributed by atoms with Gasteiger partial charge in [-0.3, -0.25) is 9.89 Å². The van der Waals surface area contributed by atoms with Gasteiger partial charge in [0.2, 0.25) is 0 Å². The molecule has 0 aliphatic rings. The van der Waals surface area contributed by atoms with Crippen molar-refractivity contribution in [2.45, 2.75) is 33.1 Å². The van der Waals surface area contributed by atoms with Gasteiger partial charge in [-0.15, -0.1) is 5.10 Å². The van der Waals surface area contributed by atoms with Crippen LogP contribution in [0.2, 0.25) is 0 Å². The van der Waals surface area contributed by atoms with Gasteiger partial charge in [0, 0.05) is 0 Å². The zero-order chi connectivity index (χ0) is 13.1. The number of carbonyl (C=O) groups is 1. The molecular weight excluding hydrogens is 230 g/mol. The zero-order valence-electron chi connectivity index (χ0n) is 10.9. The maximum Gasteiger partial charge on any atom is 0.313 e. The summed E-state index contributed by atoms with van der Waals surface area (Å²) in [6.45, 7) is 6.25. The molecule has 18 heavy (non-hydrogen) atoms. The summed E-state index contributed by atoms with van der Waals surface area (Å²) in [4.78, 5) is 11.9. The summed E-state index contributed by atoms with van der Waals surface area (Å²) >= 11 is 0. The van der Waals surface area contributed by atoms with Crippen LogP contribution in [0.3, 0.4) is 0 Å². The largest absolute Gasteiger partial charge is 0.465 e. The minimum Gasteiger partial charge on any atom is -0.465 e. The fourth-order valence-corrected chi connectivity index (χ4v) is 1.99. The minimum absolute atomic E-state index is 0.192. The highest BCUT2D eigenvalue weighted by molar-refractivity contribution is 5.84. The monoisotopic (exact) mass is 247 g/mol. The van der Waals surface area contributed by atoms with Crippen LogP contribution in [0.25, 0.3) is 11.0 Å². The highest BCUT2D eigenvalue weighted by atomic mass is 16.5.